The van der Waals surface area contributed by atoms with E-state index in [1.54, 1.807) is 12.1 Å². The van der Waals surface area contributed by atoms with Crippen LogP contribution in [0.25, 0.3) is 0 Å². The average Bonchev–Trinajstić information content (AvgIpc) is 2.40. The van der Waals surface area contributed by atoms with Gasteiger partial charge in [0.25, 0.3) is 5.91 Å². The van der Waals surface area contributed by atoms with E-state index in [4.69, 9.17) is 0 Å². The minimum Gasteiger partial charge on any atom is -0.348 e. The van der Waals surface area contributed by atoms with Crippen LogP contribution in [-0.4, -0.2) is 39.2 Å². The monoisotopic (exact) mass is 332 g/mol. The van der Waals surface area contributed by atoms with E-state index in [1.807, 2.05) is 0 Å². The Hall–Kier alpha value is -1.11. The Kier molecular flexibility index (Phi) is 6.19. The van der Waals surface area contributed by atoms with Crippen LogP contribution in [0.4, 0.5) is 0 Å². The maximum atomic E-state index is 12.1. The normalized spacial score (nSPS) is 22.2. The van der Waals surface area contributed by atoms with E-state index in [2.05, 4.69) is 17.6 Å². The summed E-state index contributed by atoms with van der Waals surface area (Å²) in [6.07, 6.45) is 3.15. The number of piperidine rings is 1. The van der Waals surface area contributed by atoms with Crippen molar-refractivity contribution in [3.8, 4) is 0 Å². The quantitative estimate of drug-likeness (QED) is 0.877. The van der Waals surface area contributed by atoms with Crippen LogP contribution in [0.15, 0.2) is 29.2 Å². The van der Waals surface area contributed by atoms with E-state index >= 15 is 0 Å². The Morgan fingerprint density at radius 2 is 1.90 bits per heavy atom. The Morgan fingerprint density at radius 1 is 1.29 bits per heavy atom. The number of sulfone groups is 1. The molecular formula is C14H21ClN2O3S. The molecule has 5 nitrogen and oxygen atoms in total. The second kappa shape index (κ2) is 7.24. The average molecular weight is 333 g/mol. The molecule has 0 saturated carbocycles. The van der Waals surface area contributed by atoms with Gasteiger partial charge in [-0.2, -0.15) is 0 Å². The van der Waals surface area contributed by atoms with Gasteiger partial charge < -0.3 is 10.6 Å². The van der Waals surface area contributed by atoms with Crippen molar-refractivity contribution in [2.75, 3.05) is 12.8 Å². The zero-order valence-corrected chi connectivity index (χ0v) is 13.8. The van der Waals surface area contributed by atoms with Crippen molar-refractivity contribution in [1.29, 1.82) is 0 Å². The van der Waals surface area contributed by atoms with E-state index in [0.29, 0.717) is 5.56 Å². The molecule has 0 aliphatic carbocycles. The Bertz CT molecular complexity index is 587. The van der Waals surface area contributed by atoms with Crippen molar-refractivity contribution < 1.29 is 13.2 Å². The fourth-order valence-corrected chi connectivity index (χ4v) is 2.98. The van der Waals surface area contributed by atoms with Crippen LogP contribution in [0.3, 0.4) is 0 Å². The molecule has 1 aliphatic rings. The van der Waals surface area contributed by atoms with Gasteiger partial charge in [-0.15, -0.1) is 12.4 Å². The van der Waals surface area contributed by atoms with Crippen molar-refractivity contribution in [2.24, 2.45) is 0 Å². The Morgan fingerprint density at radius 3 is 2.43 bits per heavy atom. The van der Waals surface area contributed by atoms with E-state index in [9.17, 15) is 13.2 Å². The van der Waals surface area contributed by atoms with Crippen LogP contribution in [0.5, 0.6) is 0 Å². The van der Waals surface area contributed by atoms with E-state index < -0.39 is 9.84 Å². The summed E-state index contributed by atoms with van der Waals surface area (Å²) in [7, 11) is -3.22. The predicted molar refractivity (Wildman–Crippen MR) is 84.8 cm³/mol. The summed E-state index contributed by atoms with van der Waals surface area (Å²) < 4.78 is 22.7. The molecular weight excluding hydrogens is 312 g/mol. The van der Waals surface area contributed by atoms with Crippen LogP contribution < -0.4 is 10.6 Å². The van der Waals surface area contributed by atoms with Gasteiger partial charge in [-0.25, -0.2) is 8.42 Å². The van der Waals surface area contributed by atoms with Crippen LogP contribution in [-0.2, 0) is 9.84 Å². The predicted octanol–water partition coefficient (Wildman–Crippen LogP) is 1.38. The number of halogens is 1. The molecule has 2 rings (SSSR count). The Labute approximate surface area is 131 Å². The summed E-state index contributed by atoms with van der Waals surface area (Å²) >= 11 is 0. The fourth-order valence-electron chi connectivity index (χ4n) is 2.35. The number of amides is 1. The fraction of sp³-hybridized carbons (Fsp3) is 0.500. The van der Waals surface area contributed by atoms with E-state index in [0.717, 1.165) is 25.6 Å². The molecule has 1 fully saturated rings. The van der Waals surface area contributed by atoms with Gasteiger partial charge in [0.2, 0.25) is 0 Å². The van der Waals surface area contributed by atoms with Crippen LogP contribution in [0, 0.1) is 0 Å². The first-order valence-corrected chi connectivity index (χ1v) is 8.61. The lowest BCUT2D eigenvalue weighted by Crippen LogP contribution is -2.51. The summed E-state index contributed by atoms with van der Waals surface area (Å²) in [6.45, 7) is 3.04. The number of nitrogens with one attached hydrogen (secondary N) is 2. The number of hydrogen-bond donors (Lipinski definition) is 2. The van der Waals surface area contributed by atoms with E-state index in [1.165, 1.54) is 12.1 Å². The van der Waals surface area contributed by atoms with Gasteiger partial charge in [-0.05, 0) is 50.6 Å². The first-order valence-electron chi connectivity index (χ1n) is 6.72. The zero-order valence-electron chi connectivity index (χ0n) is 12.1. The van der Waals surface area contributed by atoms with Crippen LogP contribution in [0.2, 0.25) is 0 Å². The van der Waals surface area contributed by atoms with Gasteiger partial charge in [-0.1, -0.05) is 0 Å². The summed E-state index contributed by atoms with van der Waals surface area (Å²) in [5, 5.41) is 6.32. The number of rotatable bonds is 3. The highest BCUT2D eigenvalue weighted by atomic mass is 35.5. The topological polar surface area (TPSA) is 75.3 Å². The SMILES string of the molecule is CC1NCCCC1NC(=O)c1ccc(S(C)(=O)=O)cc1.Cl. The number of benzene rings is 1. The van der Waals surface area contributed by atoms with Crippen molar-refractivity contribution in [1.82, 2.24) is 10.6 Å². The van der Waals surface area contributed by atoms with Gasteiger partial charge in [0.1, 0.15) is 0 Å². The van der Waals surface area contributed by atoms with Gasteiger partial charge in [-0.3, -0.25) is 4.79 Å². The molecule has 118 valence electrons. The molecule has 0 aromatic heterocycles. The van der Waals surface area contributed by atoms with Gasteiger partial charge in [0, 0.05) is 23.9 Å². The molecule has 1 aromatic rings. The van der Waals surface area contributed by atoms with Gasteiger partial charge >= 0.3 is 0 Å². The first kappa shape index (κ1) is 17.9. The summed E-state index contributed by atoms with van der Waals surface area (Å²) in [6, 6.07) is 6.40. The highest BCUT2D eigenvalue weighted by Gasteiger charge is 2.22. The van der Waals surface area contributed by atoms with Crippen molar-refractivity contribution in [2.45, 2.75) is 36.7 Å². The molecule has 2 unspecified atom stereocenters. The summed E-state index contributed by atoms with van der Waals surface area (Å²) in [5.41, 5.74) is 0.482. The lowest BCUT2D eigenvalue weighted by atomic mass is 9.99. The van der Waals surface area contributed by atoms with Crippen LogP contribution >= 0.6 is 12.4 Å². The third-order valence-corrected chi connectivity index (χ3v) is 4.75. The highest BCUT2D eigenvalue weighted by Crippen LogP contribution is 2.12. The van der Waals surface area contributed by atoms with Crippen molar-refractivity contribution in [3.63, 3.8) is 0 Å². The molecule has 1 heterocycles. The lowest BCUT2D eigenvalue weighted by Gasteiger charge is -2.30. The summed E-state index contributed by atoms with van der Waals surface area (Å²) in [5.74, 6) is -0.161. The van der Waals surface area contributed by atoms with Gasteiger partial charge in [0.15, 0.2) is 9.84 Å². The molecule has 2 atom stereocenters. The minimum atomic E-state index is -3.22. The molecule has 1 saturated heterocycles. The maximum absolute atomic E-state index is 12.1. The first-order chi connectivity index (χ1) is 9.38. The standard InChI is InChI=1S/C14H20N2O3S.ClH/c1-10-13(4-3-9-15-10)16-14(17)11-5-7-12(8-6-11)20(2,18)19;/h5-8,10,13,15H,3-4,9H2,1-2H3,(H,16,17);1H. The molecule has 7 heteroatoms. The molecule has 0 spiro atoms. The zero-order chi connectivity index (χ0) is 14.8. The molecule has 21 heavy (non-hydrogen) atoms. The molecule has 2 N–H and O–H groups in total. The van der Waals surface area contributed by atoms with Crippen molar-refractivity contribution in [3.05, 3.63) is 29.8 Å². The van der Waals surface area contributed by atoms with Gasteiger partial charge in [0.05, 0.1) is 4.90 Å². The number of carbonyl (C=O) groups is 1. The number of hydrogen-bond acceptors (Lipinski definition) is 4. The highest BCUT2D eigenvalue weighted by molar-refractivity contribution is 7.90. The lowest BCUT2D eigenvalue weighted by molar-refractivity contribution is 0.0919. The second-order valence-electron chi connectivity index (χ2n) is 5.26. The minimum absolute atomic E-state index is 0. The third kappa shape index (κ3) is 4.69. The van der Waals surface area contributed by atoms with E-state index in [-0.39, 0.29) is 35.3 Å². The molecule has 1 aliphatic heterocycles. The molecule has 1 amide bonds. The maximum Gasteiger partial charge on any atom is 0.251 e. The van der Waals surface area contributed by atoms with Crippen molar-refractivity contribution >= 4 is 28.2 Å². The molecule has 0 bridgehead atoms. The van der Waals surface area contributed by atoms with Crippen LogP contribution in [0.1, 0.15) is 30.1 Å². The number of carbonyl (C=O) groups excluding carboxylic acids is 1. The molecule has 0 radical (unpaired) electrons. The smallest absolute Gasteiger partial charge is 0.251 e. The summed E-state index contributed by atoms with van der Waals surface area (Å²) in [4.78, 5) is 12.4. The Balaban J connectivity index is 0.00000220. The molecule has 1 aromatic carbocycles. The second-order valence-corrected chi connectivity index (χ2v) is 7.28. The third-order valence-electron chi connectivity index (χ3n) is 3.62. The largest absolute Gasteiger partial charge is 0.348 e.